The van der Waals surface area contributed by atoms with Gasteiger partial charge in [-0.25, -0.2) is 9.67 Å². The highest BCUT2D eigenvalue weighted by Gasteiger charge is 2.16. The van der Waals surface area contributed by atoms with Gasteiger partial charge in [-0.3, -0.25) is 9.89 Å². The zero-order chi connectivity index (χ0) is 12.3. The summed E-state index contributed by atoms with van der Waals surface area (Å²) in [4.78, 5) is 15.7. The van der Waals surface area contributed by atoms with E-state index in [4.69, 9.17) is 0 Å². The minimum absolute atomic E-state index is 0.176. The van der Waals surface area contributed by atoms with E-state index in [9.17, 15) is 4.79 Å². The third-order valence-electron chi connectivity index (χ3n) is 2.48. The van der Waals surface area contributed by atoms with E-state index in [2.05, 4.69) is 25.6 Å². The van der Waals surface area contributed by atoms with Crippen LogP contribution in [-0.4, -0.2) is 30.9 Å². The molecule has 2 aromatic heterocycles. The standard InChI is InChI=1S/C10H14N6O/c1-3-8-4-9(15-14-8)13-10(17)7(2)16-6-11-5-12-16/h4-7H,3H2,1-2H3,(H2,13,14,15,17). The number of carbonyl (C=O) groups is 1. The van der Waals surface area contributed by atoms with Crippen LogP contribution < -0.4 is 5.32 Å². The Morgan fingerprint density at radius 3 is 3.06 bits per heavy atom. The average molecular weight is 234 g/mol. The third-order valence-corrected chi connectivity index (χ3v) is 2.48. The summed E-state index contributed by atoms with van der Waals surface area (Å²) in [6.45, 7) is 3.76. The van der Waals surface area contributed by atoms with Gasteiger partial charge in [-0.1, -0.05) is 6.92 Å². The Bertz CT molecular complexity index is 489. The number of rotatable bonds is 4. The summed E-state index contributed by atoms with van der Waals surface area (Å²) in [6, 6.07) is 1.39. The number of H-pyrrole nitrogens is 1. The van der Waals surface area contributed by atoms with E-state index in [1.165, 1.54) is 17.3 Å². The first-order valence-electron chi connectivity index (χ1n) is 5.40. The van der Waals surface area contributed by atoms with E-state index in [0.717, 1.165) is 12.1 Å². The predicted octanol–water partition coefficient (Wildman–Crippen LogP) is 0.763. The number of aromatic amines is 1. The van der Waals surface area contributed by atoms with E-state index in [1.54, 1.807) is 6.92 Å². The van der Waals surface area contributed by atoms with Crippen molar-refractivity contribution in [3.63, 3.8) is 0 Å². The fourth-order valence-electron chi connectivity index (χ4n) is 1.37. The lowest BCUT2D eigenvalue weighted by Gasteiger charge is -2.09. The Hall–Kier alpha value is -2.18. The minimum Gasteiger partial charge on any atom is -0.307 e. The van der Waals surface area contributed by atoms with Gasteiger partial charge < -0.3 is 5.32 Å². The smallest absolute Gasteiger partial charge is 0.250 e. The molecule has 0 saturated heterocycles. The molecule has 7 heteroatoms. The summed E-state index contributed by atoms with van der Waals surface area (Å²) in [5.74, 6) is 0.350. The molecule has 0 aliphatic heterocycles. The molecular weight excluding hydrogens is 220 g/mol. The number of amides is 1. The molecular formula is C10H14N6O. The highest BCUT2D eigenvalue weighted by atomic mass is 16.2. The molecule has 90 valence electrons. The van der Waals surface area contributed by atoms with E-state index in [-0.39, 0.29) is 5.91 Å². The zero-order valence-electron chi connectivity index (χ0n) is 9.71. The molecule has 0 bridgehead atoms. The molecule has 0 aliphatic carbocycles. The Kier molecular flexibility index (Phi) is 3.17. The third kappa shape index (κ3) is 2.49. The average Bonchev–Trinajstić information content (AvgIpc) is 2.98. The molecule has 0 aromatic carbocycles. The van der Waals surface area contributed by atoms with E-state index >= 15 is 0 Å². The first kappa shape index (κ1) is 11.3. The first-order valence-corrected chi connectivity index (χ1v) is 5.40. The van der Waals surface area contributed by atoms with Crippen LogP contribution in [0.4, 0.5) is 5.82 Å². The van der Waals surface area contributed by atoms with Gasteiger partial charge in [0.2, 0.25) is 5.91 Å². The maximum atomic E-state index is 11.9. The summed E-state index contributed by atoms with van der Waals surface area (Å²) >= 11 is 0. The maximum Gasteiger partial charge on any atom is 0.250 e. The van der Waals surface area contributed by atoms with Gasteiger partial charge >= 0.3 is 0 Å². The number of aromatic nitrogens is 5. The molecule has 2 N–H and O–H groups in total. The van der Waals surface area contributed by atoms with Crippen LogP contribution in [-0.2, 0) is 11.2 Å². The summed E-state index contributed by atoms with van der Waals surface area (Å²) in [5, 5.41) is 13.5. The van der Waals surface area contributed by atoms with Crippen molar-refractivity contribution < 1.29 is 4.79 Å². The summed E-state index contributed by atoms with van der Waals surface area (Å²) < 4.78 is 1.49. The number of aryl methyl sites for hydroxylation is 1. The van der Waals surface area contributed by atoms with Gasteiger partial charge in [0.05, 0.1) is 0 Å². The fraction of sp³-hybridized carbons (Fsp3) is 0.400. The van der Waals surface area contributed by atoms with E-state index < -0.39 is 6.04 Å². The molecule has 0 radical (unpaired) electrons. The molecule has 2 heterocycles. The topological polar surface area (TPSA) is 88.5 Å². The number of nitrogens with zero attached hydrogens (tertiary/aromatic N) is 4. The highest BCUT2D eigenvalue weighted by Crippen LogP contribution is 2.09. The number of hydrogen-bond donors (Lipinski definition) is 2. The second kappa shape index (κ2) is 4.77. The van der Waals surface area contributed by atoms with Crippen molar-refractivity contribution in [1.82, 2.24) is 25.0 Å². The molecule has 0 fully saturated rings. The van der Waals surface area contributed by atoms with Crippen LogP contribution in [0.1, 0.15) is 25.6 Å². The SMILES string of the molecule is CCc1cc(NC(=O)C(C)n2cncn2)n[nH]1. The van der Waals surface area contributed by atoms with E-state index in [1.807, 2.05) is 13.0 Å². The Morgan fingerprint density at radius 2 is 2.47 bits per heavy atom. The van der Waals surface area contributed by atoms with Gasteiger partial charge in [0, 0.05) is 11.8 Å². The molecule has 7 nitrogen and oxygen atoms in total. The number of hydrogen-bond acceptors (Lipinski definition) is 4. The molecule has 1 amide bonds. The molecule has 0 saturated carbocycles. The Morgan fingerprint density at radius 1 is 1.65 bits per heavy atom. The molecule has 0 spiro atoms. The van der Waals surface area contributed by atoms with E-state index in [0.29, 0.717) is 5.82 Å². The van der Waals surface area contributed by atoms with Crippen LogP contribution in [0, 0.1) is 0 Å². The van der Waals surface area contributed by atoms with Gasteiger partial charge in [0.15, 0.2) is 5.82 Å². The monoisotopic (exact) mass is 234 g/mol. The maximum absolute atomic E-state index is 11.9. The van der Waals surface area contributed by atoms with Gasteiger partial charge in [0.25, 0.3) is 0 Å². The lowest BCUT2D eigenvalue weighted by Crippen LogP contribution is -2.24. The molecule has 1 atom stereocenters. The van der Waals surface area contributed by atoms with Crippen molar-refractivity contribution in [2.75, 3.05) is 5.32 Å². The van der Waals surface area contributed by atoms with Gasteiger partial charge in [-0.2, -0.15) is 10.2 Å². The van der Waals surface area contributed by atoms with Crippen molar-refractivity contribution >= 4 is 11.7 Å². The highest BCUT2D eigenvalue weighted by molar-refractivity contribution is 5.92. The second-order valence-electron chi connectivity index (χ2n) is 3.67. The zero-order valence-corrected chi connectivity index (χ0v) is 9.71. The van der Waals surface area contributed by atoms with Gasteiger partial charge in [0.1, 0.15) is 18.7 Å². The van der Waals surface area contributed by atoms with Crippen LogP contribution >= 0.6 is 0 Å². The van der Waals surface area contributed by atoms with Crippen LogP contribution in [0.15, 0.2) is 18.7 Å². The number of carbonyl (C=O) groups excluding carboxylic acids is 1. The van der Waals surface area contributed by atoms with Gasteiger partial charge in [-0.05, 0) is 13.3 Å². The first-order chi connectivity index (χ1) is 8.20. The van der Waals surface area contributed by atoms with Crippen molar-refractivity contribution in [3.05, 3.63) is 24.4 Å². The van der Waals surface area contributed by atoms with Crippen molar-refractivity contribution in [3.8, 4) is 0 Å². The largest absolute Gasteiger partial charge is 0.307 e. The van der Waals surface area contributed by atoms with Crippen molar-refractivity contribution in [2.24, 2.45) is 0 Å². The minimum atomic E-state index is -0.417. The molecule has 17 heavy (non-hydrogen) atoms. The predicted molar refractivity (Wildman–Crippen MR) is 61.3 cm³/mol. The molecule has 2 aromatic rings. The fourth-order valence-corrected chi connectivity index (χ4v) is 1.37. The molecule has 1 unspecified atom stereocenters. The summed E-state index contributed by atoms with van der Waals surface area (Å²) in [7, 11) is 0. The van der Waals surface area contributed by atoms with Crippen LogP contribution in [0.5, 0.6) is 0 Å². The van der Waals surface area contributed by atoms with Crippen molar-refractivity contribution in [1.29, 1.82) is 0 Å². The van der Waals surface area contributed by atoms with Gasteiger partial charge in [-0.15, -0.1) is 0 Å². The normalized spacial score (nSPS) is 12.4. The molecule has 0 aliphatic rings. The van der Waals surface area contributed by atoms with Crippen molar-refractivity contribution in [2.45, 2.75) is 26.3 Å². The molecule has 2 rings (SSSR count). The Balaban J connectivity index is 2.01. The number of anilines is 1. The summed E-state index contributed by atoms with van der Waals surface area (Å²) in [6.07, 6.45) is 3.75. The lowest BCUT2D eigenvalue weighted by molar-refractivity contribution is -0.119. The summed E-state index contributed by atoms with van der Waals surface area (Å²) in [5.41, 5.74) is 0.980. The van der Waals surface area contributed by atoms with Crippen LogP contribution in [0.2, 0.25) is 0 Å². The quantitative estimate of drug-likeness (QED) is 0.817. The second-order valence-corrected chi connectivity index (χ2v) is 3.67. The number of nitrogens with one attached hydrogen (secondary N) is 2. The lowest BCUT2D eigenvalue weighted by atomic mass is 10.3. The Labute approximate surface area is 98.2 Å². The van der Waals surface area contributed by atoms with Crippen LogP contribution in [0.25, 0.3) is 0 Å². The van der Waals surface area contributed by atoms with Crippen LogP contribution in [0.3, 0.4) is 0 Å².